The van der Waals surface area contributed by atoms with E-state index in [4.69, 9.17) is 21.1 Å². The molecule has 0 spiro atoms. The molecule has 0 aromatic heterocycles. The summed E-state index contributed by atoms with van der Waals surface area (Å²) in [7, 11) is 0. The van der Waals surface area contributed by atoms with Crippen LogP contribution in [-0.4, -0.2) is 24.5 Å². The van der Waals surface area contributed by atoms with Gasteiger partial charge in [0.05, 0.1) is 15.9 Å². The van der Waals surface area contributed by atoms with E-state index < -0.39 is 17.8 Å². The summed E-state index contributed by atoms with van der Waals surface area (Å²) >= 11 is 8.45. The molecule has 4 amide bonds. The molecule has 1 aliphatic heterocycles. The highest BCUT2D eigenvalue weighted by Crippen LogP contribution is 2.60. The van der Waals surface area contributed by atoms with Crippen LogP contribution >= 0.6 is 34.2 Å². The molecular formula is C36H34ClIN2O5. The van der Waals surface area contributed by atoms with Crippen LogP contribution in [0.4, 0.5) is 10.5 Å². The lowest BCUT2D eigenvalue weighted by Crippen LogP contribution is -2.54. The summed E-state index contributed by atoms with van der Waals surface area (Å²) in [5.41, 5.74) is 3.22. The summed E-state index contributed by atoms with van der Waals surface area (Å²) in [5.74, 6) is 2.06. The maximum Gasteiger partial charge on any atom is 0.335 e. The Labute approximate surface area is 281 Å². The zero-order valence-electron chi connectivity index (χ0n) is 25.0. The van der Waals surface area contributed by atoms with Gasteiger partial charge in [0.15, 0.2) is 11.5 Å². The molecule has 45 heavy (non-hydrogen) atoms. The monoisotopic (exact) mass is 736 g/mol. The van der Waals surface area contributed by atoms with Crippen LogP contribution in [0.3, 0.4) is 0 Å². The summed E-state index contributed by atoms with van der Waals surface area (Å²) in [6, 6.07) is 18.1. The molecular weight excluding hydrogens is 703 g/mol. The Bertz CT molecular complexity index is 1680. The lowest BCUT2D eigenvalue weighted by atomic mass is 9.48. The molecule has 4 bridgehead atoms. The second kappa shape index (κ2) is 12.1. The fourth-order valence-electron chi connectivity index (χ4n) is 8.33. The van der Waals surface area contributed by atoms with Gasteiger partial charge in [-0.1, -0.05) is 41.9 Å². The molecule has 1 saturated heterocycles. The Morgan fingerprint density at radius 1 is 0.956 bits per heavy atom. The molecule has 3 aromatic carbocycles. The van der Waals surface area contributed by atoms with E-state index in [2.05, 4.69) is 40.0 Å². The average molecular weight is 737 g/mol. The molecule has 5 fully saturated rings. The van der Waals surface area contributed by atoms with Crippen molar-refractivity contribution in [2.75, 3.05) is 11.5 Å². The number of imide groups is 2. The van der Waals surface area contributed by atoms with Crippen molar-refractivity contribution >= 4 is 63.8 Å². The van der Waals surface area contributed by atoms with E-state index in [9.17, 15) is 14.4 Å². The standard InChI is InChI=1S/C36H34ClIN2O5/c1-2-44-31-16-21(15-30(38)32(31)45-20-25-5-3-4-6-29(25)37)14-28-33(41)39-35(43)40(34(28)42)27-9-7-26(8-10-27)36-17-22-11-23(18-36)13-24(12-22)19-36/h3-10,14-16,22-24H,2,11-13,17-20H2,1H3,(H,39,41,43)/b28-14+. The summed E-state index contributed by atoms with van der Waals surface area (Å²) in [6.45, 7) is 2.50. The van der Waals surface area contributed by atoms with Gasteiger partial charge in [0.25, 0.3) is 11.8 Å². The molecule has 0 radical (unpaired) electrons. The third-order valence-corrected chi connectivity index (χ3v) is 11.0. The van der Waals surface area contributed by atoms with Crippen molar-refractivity contribution in [3.05, 3.63) is 91.5 Å². The quantitative estimate of drug-likeness (QED) is 0.144. The van der Waals surface area contributed by atoms with Gasteiger partial charge in [-0.05, 0) is 139 Å². The zero-order chi connectivity index (χ0) is 31.3. The van der Waals surface area contributed by atoms with Crippen LogP contribution in [0.25, 0.3) is 6.08 Å². The number of carbonyl (C=O) groups is 3. The first kappa shape index (κ1) is 30.3. The minimum Gasteiger partial charge on any atom is -0.490 e. The molecule has 232 valence electrons. The van der Waals surface area contributed by atoms with Crippen LogP contribution in [0.15, 0.2) is 66.2 Å². The molecule has 5 aliphatic rings. The maximum atomic E-state index is 13.7. The van der Waals surface area contributed by atoms with Crippen molar-refractivity contribution < 1.29 is 23.9 Å². The van der Waals surface area contributed by atoms with Crippen molar-refractivity contribution in [1.82, 2.24) is 5.32 Å². The number of ether oxygens (including phenoxy) is 2. The number of barbiturate groups is 1. The molecule has 7 nitrogen and oxygen atoms in total. The van der Waals surface area contributed by atoms with E-state index in [0.29, 0.717) is 34.4 Å². The highest BCUT2D eigenvalue weighted by atomic mass is 127. The van der Waals surface area contributed by atoms with Crippen molar-refractivity contribution in [3.8, 4) is 11.5 Å². The fourth-order valence-corrected chi connectivity index (χ4v) is 9.30. The molecule has 9 heteroatoms. The number of nitrogens with zero attached hydrogens (tertiary/aromatic N) is 1. The number of nitrogens with one attached hydrogen (secondary N) is 1. The molecule has 0 unspecified atom stereocenters. The lowest BCUT2D eigenvalue weighted by Gasteiger charge is -2.57. The second-order valence-corrected chi connectivity index (χ2v) is 14.4. The van der Waals surface area contributed by atoms with Crippen molar-refractivity contribution in [2.45, 2.75) is 57.5 Å². The zero-order valence-corrected chi connectivity index (χ0v) is 27.9. The summed E-state index contributed by atoms with van der Waals surface area (Å²) in [4.78, 5) is 40.7. The van der Waals surface area contributed by atoms with Gasteiger partial charge in [-0.15, -0.1) is 0 Å². The predicted octanol–water partition coefficient (Wildman–Crippen LogP) is 8.06. The number of carbonyl (C=O) groups excluding carboxylic acids is 3. The number of amides is 4. The van der Waals surface area contributed by atoms with Crippen LogP contribution in [0, 0.1) is 21.3 Å². The van der Waals surface area contributed by atoms with E-state index in [1.54, 1.807) is 12.1 Å². The molecule has 4 saturated carbocycles. The van der Waals surface area contributed by atoms with E-state index in [0.717, 1.165) is 31.8 Å². The predicted molar refractivity (Wildman–Crippen MR) is 181 cm³/mol. The van der Waals surface area contributed by atoms with Gasteiger partial charge >= 0.3 is 6.03 Å². The number of anilines is 1. The Morgan fingerprint density at radius 3 is 2.27 bits per heavy atom. The third kappa shape index (κ3) is 5.76. The van der Waals surface area contributed by atoms with Crippen LogP contribution in [0.1, 0.15) is 62.1 Å². The number of hydrogen-bond acceptors (Lipinski definition) is 5. The SMILES string of the molecule is CCOc1cc(/C=C2\C(=O)NC(=O)N(c3ccc(C45CC6CC(CC(C6)C4)C5)cc3)C2=O)cc(I)c1OCc1ccccc1Cl. The molecule has 4 aliphatic carbocycles. The minimum atomic E-state index is -0.752. The summed E-state index contributed by atoms with van der Waals surface area (Å²) < 4.78 is 12.7. The van der Waals surface area contributed by atoms with Crippen molar-refractivity contribution in [3.63, 3.8) is 0 Å². The van der Waals surface area contributed by atoms with Crippen LogP contribution in [-0.2, 0) is 21.6 Å². The minimum absolute atomic E-state index is 0.136. The Balaban J connectivity index is 1.14. The van der Waals surface area contributed by atoms with Crippen LogP contribution < -0.4 is 19.7 Å². The highest BCUT2D eigenvalue weighted by Gasteiger charge is 2.51. The average Bonchev–Trinajstić information content (AvgIpc) is 2.99. The van der Waals surface area contributed by atoms with Gasteiger partial charge in [-0.3, -0.25) is 14.9 Å². The van der Waals surface area contributed by atoms with Crippen molar-refractivity contribution in [1.29, 1.82) is 0 Å². The van der Waals surface area contributed by atoms with Gasteiger partial charge in [-0.25, -0.2) is 9.69 Å². The third-order valence-electron chi connectivity index (χ3n) is 9.85. The number of hydrogen-bond donors (Lipinski definition) is 1. The molecule has 0 atom stereocenters. The number of urea groups is 1. The van der Waals surface area contributed by atoms with Gasteiger partial charge in [0.1, 0.15) is 12.2 Å². The first-order chi connectivity index (χ1) is 21.7. The van der Waals surface area contributed by atoms with Crippen LogP contribution in [0.5, 0.6) is 11.5 Å². The van der Waals surface area contributed by atoms with E-state index in [-0.39, 0.29) is 17.6 Å². The largest absolute Gasteiger partial charge is 0.490 e. The summed E-state index contributed by atoms with van der Waals surface area (Å²) in [6.07, 6.45) is 9.29. The Hall–Kier alpha value is -3.37. The first-order valence-electron chi connectivity index (χ1n) is 15.6. The first-order valence-corrected chi connectivity index (χ1v) is 17.0. The van der Waals surface area contributed by atoms with Gasteiger partial charge in [0, 0.05) is 10.6 Å². The highest BCUT2D eigenvalue weighted by molar-refractivity contribution is 14.1. The smallest absolute Gasteiger partial charge is 0.335 e. The molecule has 8 rings (SSSR count). The normalized spacial score (nSPS) is 26.4. The van der Waals surface area contributed by atoms with Gasteiger partial charge in [-0.2, -0.15) is 0 Å². The van der Waals surface area contributed by atoms with Crippen molar-refractivity contribution in [2.24, 2.45) is 17.8 Å². The maximum absolute atomic E-state index is 13.7. The van der Waals surface area contributed by atoms with E-state index >= 15 is 0 Å². The summed E-state index contributed by atoms with van der Waals surface area (Å²) in [5, 5.41) is 2.96. The molecule has 1 N–H and O–H groups in total. The van der Waals surface area contributed by atoms with Gasteiger partial charge in [0.2, 0.25) is 0 Å². The number of rotatable bonds is 8. The number of benzene rings is 3. The van der Waals surface area contributed by atoms with E-state index in [1.165, 1.54) is 50.2 Å². The topological polar surface area (TPSA) is 84.9 Å². The second-order valence-electron chi connectivity index (χ2n) is 12.8. The number of halogens is 2. The molecule has 1 heterocycles. The van der Waals surface area contributed by atoms with E-state index in [1.807, 2.05) is 43.3 Å². The lowest BCUT2D eigenvalue weighted by molar-refractivity contribution is -0.122. The fraction of sp³-hybridized carbons (Fsp3) is 0.361. The molecule has 3 aromatic rings. The Kier molecular flexibility index (Phi) is 8.14. The Morgan fingerprint density at radius 2 is 1.62 bits per heavy atom. The van der Waals surface area contributed by atoms with Gasteiger partial charge < -0.3 is 9.47 Å². The van der Waals surface area contributed by atoms with Crippen LogP contribution in [0.2, 0.25) is 5.02 Å².